The second-order valence-corrected chi connectivity index (χ2v) is 4.34. The molecular formula is C12H16N2O4. The molecule has 1 unspecified atom stereocenters. The molecule has 0 saturated heterocycles. The van der Waals surface area contributed by atoms with Crippen LogP contribution >= 0.6 is 0 Å². The van der Waals surface area contributed by atoms with Crippen LogP contribution in [-0.4, -0.2) is 28.1 Å². The molecule has 1 atom stereocenters. The number of amides is 1. The molecule has 18 heavy (non-hydrogen) atoms. The van der Waals surface area contributed by atoms with E-state index in [-0.39, 0.29) is 18.1 Å². The molecule has 98 valence electrons. The lowest BCUT2D eigenvalue weighted by Gasteiger charge is -2.21. The smallest absolute Gasteiger partial charge is 0.269 e. The quantitative estimate of drug-likeness (QED) is 0.613. The number of non-ortho nitro benzene ring substituents is 1. The number of carbonyl (C=O) groups is 1. The first-order valence-electron chi connectivity index (χ1n) is 5.61. The average molecular weight is 252 g/mol. The van der Waals surface area contributed by atoms with Crippen molar-refractivity contribution in [3.05, 3.63) is 39.9 Å². The molecule has 1 aromatic carbocycles. The van der Waals surface area contributed by atoms with Crippen molar-refractivity contribution in [1.29, 1.82) is 0 Å². The van der Waals surface area contributed by atoms with Crippen LogP contribution in [0.3, 0.4) is 0 Å². The highest BCUT2D eigenvalue weighted by Crippen LogP contribution is 2.12. The molecule has 0 aliphatic rings. The van der Waals surface area contributed by atoms with Crippen LogP contribution in [0.1, 0.15) is 30.6 Å². The van der Waals surface area contributed by atoms with Gasteiger partial charge in [0.1, 0.15) is 0 Å². The third kappa shape index (κ3) is 3.81. The molecule has 0 radical (unpaired) electrons. The number of hydrogen-bond donors (Lipinski definition) is 2. The number of benzene rings is 1. The number of carbonyl (C=O) groups excluding carboxylic acids is 1. The van der Waals surface area contributed by atoms with Crippen molar-refractivity contribution in [3.63, 3.8) is 0 Å². The standard InChI is InChI=1S/C12H16N2O4/c1-3-12(2,16)8-13-11(15)9-4-6-10(7-5-9)14(17)18/h4-7,16H,3,8H2,1-2H3,(H,13,15). The second-order valence-electron chi connectivity index (χ2n) is 4.34. The molecule has 0 bridgehead atoms. The Labute approximate surface area is 105 Å². The van der Waals surface area contributed by atoms with E-state index in [1.54, 1.807) is 6.92 Å². The number of nitro benzene ring substituents is 1. The van der Waals surface area contributed by atoms with E-state index in [2.05, 4.69) is 5.32 Å². The van der Waals surface area contributed by atoms with E-state index in [1.807, 2.05) is 6.92 Å². The summed E-state index contributed by atoms with van der Waals surface area (Å²) in [6, 6.07) is 5.31. The molecule has 0 aliphatic carbocycles. The molecule has 1 rings (SSSR count). The third-order valence-corrected chi connectivity index (χ3v) is 2.73. The van der Waals surface area contributed by atoms with Crippen LogP contribution in [0.15, 0.2) is 24.3 Å². The fourth-order valence-corrected chi connectivity index (χ4v) is 1.23. The zero-order chi connectivity index (χ0) is 13.8. The molecule has 6 heteroatoms. The van der Waals surface area contributed by atoms with Crippen LogP contribution < -0.4 is 5.32 Å². The minimum Gasteiger partial charge on any atom is -0.388 e. The SMILES string of the molecule is CCC(C)(O)CNC(=O)c1ccc([N+](=O)[O-])cc1. The first kappa shape index (κ1) is 14.1. The Balaban J connectivity index is 2.65. The minimum atomic E-state index is -0.948. The maximum absolute atomic E-state index is 11.7. The Hall–Kier alpha value is -1.95. The van der Waals surface area contributed by atoms with Gasteiger partial charge >= 0.3 is 0 Å². The van der Waals surface area contributed by atoms with Crippen molar-refractivity contribution in [2.24, 2.45) is 0 Å². The van der Waals surface area contributed by atoms with Gasteiger partial charge in [-0.25, -0.2) is 0 Å². The Kier molecular flexibility index (Phi) is 4.38. The van der Waals surface area contributed by atoms with Gasteiger partial charge in [0.2, 0.25) is 0 Å². The van der Waals surface area contributed by atoms with E-state index in [4.69, 9.17) is 0 Å². The average Bonchev–Trinajstić information content (AvgIpc) is 2.36. The van der Waals surface area contributed by atoms with Crippen molar-refractivity contribution < 1.29 is 14.8 Å². The summed E-state index contributed by atoms with van der Waals surface area (Å²) in [7, 11) is 0. The van der Waals surface area contributed by atoms with Crippen molar-refractivity contribution in [3.8, 4) is 0 Å². The summed E-state index contributed by atoms with van der Waals surface area (Å²) in [5.74, 6) is -0.362. The molecule has 0 aromatic heterocycles. The van der Waals surface area contributed by atoms with Crippen LogP contribution in [0.4, 0.5) is 5.69 Å². The Bertz CT molecular complexity index is 440. The summed E-state index contributed by atoms with van der Waals surface area (Å²) in [5.41, 5.74) is -0.684. The van der Waals surface area contributed by atoms with E-state index in [9.17, 15) is 20.0 Å². The fourth-order valence-electron chi connectivity index (χ4n) is 1.23. The highest BCUT2D eigenvalue weighted by Gasteiger charge is 2.19. The van der Waals surface area contributed by atoms with Crippen LogP contribution in [0.2, 0.25) is 0 Å². The molecule has 1 aromatic rings. The largest absolute Gasteiger partial charge is 0.388 e. The molecule has 1 amide bonds. The number of hydrogen-bond acceptors (Lipinski definition) is 4. The topological polar surface area (TPSA) is 92.5 Å². The monoisotopic (exact) mass is 252 g/mol. The van der Waals surface area contributed by atoms with Crippen LogP contribution in [0.25, 0.3) is 0 Å². The molecular weight excluding hydrogens is 236 g/mol. The minimum absolute atomic E-state index is 0.0629. The second kappa shape index (κ2) is 5.59. The molecule has 0 aliphatic heterocycles. The summed E-state index contributed by atoms with van der Waals surface area (Å²) in [6.07, 6.45) is 0.521. The molecule has 6 nitrogen and oxygen atoms in total. The lowest BCUT2D eigenvalue weighted by molar-refractivity contribution is -0.384. The van der Waals surface area contributed by atoms with Crippen molar-refractivity contribution >= 4 is 11.6 Å². The van der Waals surface area contributed by atoms with E-state index < -0.39 is 10.5 Å². The first-order chi connectivity index (χ1) is 8.35. The maximum Gasteiger partial charge on any atom is 0.269 e. The van der Waals surface area contributed by atoms with Crippen LogP contribution in [-0.2, 0) is 0 Å². The number of aliphatic hydroxyl groups is 1. The molecule has 0 saturated carbocycles. The molecule has 0 heterocycles. The Morgan fingerprint density at radius 2 is 2.00 bits per heavy atom. The zero-order valence-corrected chi connectivity index (χ0v) is 10.3. The van der Waals surface area contributed by atoms with Gasteiger partial charge in [-0.3, -0.25) is 14.9 Å². The highest BCUT2D eigenvalue weighted by molar-refractivity contribution is 5.94. The fraction of sp³-hybridized carbons (Fsp3) is 0.417. The predicted octanol–water partition coefficient (Wildman–Crippen LogP) is 1.49. The van der Waals surface area contributed by atoms with Crippen molar-refractivity contribution in [1.82, 2.24) is 5.32 Å². The summed E-state index contributed by atoms with van der Waals surface area (Å²) in [4.78, 5) is 21.6. The van der Waals surface area contributed by atoms with Gasteiger partial charge in [0.25, 0.3) is 11.6 Å². The lowest BCUT2D eigenvalue weighted by Crippen LogP contribution is -2.40. The van der Waals surface area contributed by atoms with Gasteiger partial charge in [-0.1, -0.05) is 6.92 Å². The van der Waals surface area contributed by atoms with Gasteiger partial charge in [0.15, 0.2) is 0 Å². The summed E-state index contributed by atoms with van der Waals surface area (Å²) in [5, 5.41) is 22.8. The van der Waals surface area contributed by atoms with Crippen LogP contribution in [0.5, 0.6) is 0 Å². The summed E-state index contributed by atoms with van der Waals surface area (Å²) >= 11 is 0. The number of rotatable bonds is 5. The predicted molar refractivity (Wildman–Crippen MR) is 66.3 cm³/mol. The third-order valence-electron chi connectivity index (χ3n) is 2.73. The van der Waals surface area contributed by atoms with Crippen molar-refractivity contribution in [2.45, 2.75) is 25.9 Å². The van der Waals surface area contributed by atoms with Gasteiger partial charge in [0.05, 0.1) is 10.5 Å². The molecule has 0 fully saturated rings. The van der Waals surface area contributed by atoms with Crippen LogP contribution in [0, 0.1) is 10.1 Å². The van der Waals surface area contributed by atoms with Gasteiger partial charge in [0, 0.05) is 24.2 Å². The van der Waals surface area contributed by atoms with E-state index in [1.165, 1.54) is 24.3 Å². The van der Waals surface area contributed by atoms with Gasteiger partial charge < -0.3 is 10.4 Å². The normalized spacial score (nSPS) is 13.7. The summed E-state index contributed by atoms with van der Waals surface area (Å²) in [6.45, 7) is 3.58. The highest BCUT2D eigenvalue weighted by atomic mass is 16.6. The van der Waals surface area contributed by atoms with E-state index in [0.717, 1.165) is 0 Å². The Morgan fingerprint density at radius 1 is 1.44 bits per heavy atom. The number of nitrogens with one attached hydrogen (secondary N) is 1. The number of nitrogens with zero attached hydrogens (tertiary/aromatic N) is 1. The van der Waals surface area contributed by atoms with Gasteiger partial charge in [-0.2, -0.15) is 0 Å². The van der Waals surface area contributed by atoms with E-state index >= 15 is 0 Å². The lowest BCUT2D eigenvalue weighted by atomic mass is 10.0. The summed E-state index contributed by atoms with van der Waals surface area (Å²) < 4.78 is 0. The molecule has 0 spiro atoms. The number of nitro groups is 1. The van der Waals surface area contributed by atoms with Gasteiger partial charge in [-0.05, 0) is 25.5 Å². The molecule has 2 N–H and O–H groups in total. The van der Waals surface area contributed by atoms with Crippen molar-refractivity contribution in [2.75, 3.05) is 6.54 Å². The zero-order valence-electron chi connectivity index (χ0n) is 10.3. The van der Waals surface area contributed by atoms with Gasteiger partial charge in [-0.15, -0.1) is 0 Å². The first-order valence-corrected chi connectivity index (χ1v) is 5.61. The maximum atomic E-state index is 11.7. The van der Waals surface area contributed by atoms with E-state index in [0.29, 0.717) is 12.0 Å². The Morgan fingerprint density at radius 3 is 2.44 bits per heavy atom.